The smallest absolute Gasteiger partial charge is 0.147 e. The largest absolute Gasteiger partial charge is 0.352 e. The summed E-state index contributed by atoms with van der Waals surface area (Å²) in [5.41, 5.74) is 1.07. The molecule has 18 heavy (non-hydrogen) atoms. The molecule has 1 N–H and O–H groups in total. The third-order valence-corrected chi connectivity index (χ3v) is 3.96. The fraction of sp³-hybridized carbons (Fsp3) is 0.714. The molecule has 4 nitrogen and oxygen atoms in total. The van der Waals surface area contributed by atoms with E-state index >= 15 is 0 Å². The zero-order chi connectivity index (χ0) is 12.4. The molecule has 1 atom stereocenters. The highest BCUT2D eigenvalue weighted by molar-refractivity contribution is 5.39. The molecule has 2 fully saturated rings. The summed E-state index contributed by atoms with van der Waals surface area (Å²) in [4.78, 5) is 11.5. The number of nitrogens with one attached hydrogen (secondary N) is 1. The number of hydrogen-bond donors (Lipinski definition) is 1. The molecule has 1 aromatic heterocycles. The van der Waals surface area contributed by atoms with Crippen LogP contribution >= 0.6 is 0 Å². The summed E-state index contributed by atoms with van der Waals surface area (Å²) in [5.74, 6) is 1.06. The Labute approximate surface area is 109 Å². The predicted octanol–water partition coefficient (Wildman–Crippen LogP) is 2.11. The van der Waals surface area contributed by atoms with E-state index in [2.05, 4.69) is 22.1 Å². The maximum Gasteiger partial charge on any atom is 0.147 e. The van der Waals surface area contributed by atoms with E-state index in [-0.39, 0.29) is 0 Å². The SMILES string of the molecule is CCC1CCCN1c1cncc(CNC2CC2)n1. The third-order valence-electron chi connectivity index (χ3n) is 3.96. The second kappa shape index (κ2) is 5.22. The van der Waals surface area contributed by atoms with Crippen molar-refractivity contribution < 1.29 is 0 Å². The maximum atomic E-state index is 4.75. The number of anilines is 1. The van der Waals surface area contributed by atoms with Crippen molar-refractivity contribution in [3.8, 4) is 0 Å². The molecular weight excluding hydrogens is 224 g/mol. The van der Waals surface area contributed by atoms with Crippen molar-refractivity contribution in [2.75, 3.05) is 11.4 Å². The quantitative estimate of drug-likeness (QED) is 0.864. The number of aromatic nitrogens is 2. The van der Waals surface area contributed by atoms with Crippen LogP contribution in [0.25, 0.3) is 0 Å². The zero-order valence-electron chi connectivity index (χ0n) is 11.1. The lowest BCUT2D eigenvalue weighted by Gasteiger charge is -2.24. The van der Waals surface area contributed by atoms with Crippen molar-refractivity contribution in [1.82, 2.24) is 15.3 Å². The van der Waals surface area contributed by atoms with Crippen LogP contribution in [0.1, 0.15) is 44.7 Å². The van der Waals surface area contributed by atoms with Crippen LogP contribution in [-0.4, -0.2) is 28.6 Å². The topological polar surface area (TPSA) is 41.1 Å². The molecular formula is C14H22N4. The molecule has 1 aliphatic heterocycles. The molecule has 1 saturated heterocycles. The van der Waals surface area contributed by atoms with E-state index in [1.54, 1.807) is 0 Å². The van der Waals surface area contributed by atoms with E-state index in [0.717, 1.165) is 30.6 Å². The molecule has 0 spiro atoms. The van der Waals surface area contributed by atoms with Crippen LogP contribution in [-0.2, 0) is 6.54 Å². The number of rotatable bonds is 5. The van der Waals surface area contributed by atoms with E-state index in [1.807, 2.05) is 12.4 Å². The van der Waals surface area contributed by atoms with Gasteiger partial charge in [0, 0.05) is 31.4 Å². The second-order valence-electron chi connectivity index (χ2n) is 5.42. The molecule has 3 rings (SSSR count). The third kappa shape index (κ3) is 2.64. The van der Waals surface area contributed by atoms with E-state index in [4.69, 9.17) is 4.98 Å². The molecule has 2 heterocycles. The van der Waals surface area contributed by atoms with E-state index < -0.39 is 0 Å². The van der Waals surface area contributed by atoms with Gasteiger partial charge in [-0.2, -0.15) is 0 Å². The monoisotopic (exact) mass is 246 g/mol. The first-order valence-corrected chi connectivity index (χ1v) is 7.17. The van der Waals surface area contributed by atoms with Gasteiger partial charge in [-0.05, 0) is 32.1 Å². The Bertz CT molecular complexity index is 403. The highest BCUT2D eigenvalue weighted by atomic mass is 15.2. The molecule has 98 valence electrons. The van der Waals surface area contributed by atoms with Crippen molar-refractivity contribution >= 4 is 5.82 Å². The van der Waals surface area contributed by atoms with Crippen LogP contribution in [0.4, 0.5) is 5.82 Å². The van der Waals surface area contributed by atoms with Crippen LogP contribution in [0.3, 0.4) is 0 Å². The lowest BCUT2D eigenvalue weighted by molar-refractivity contribution is 0.633. The summed E-state index contributed by atoms with van der Waals surface area (Å²) < 4.78 is 0. The summed E-state index contributed by atoms with van der Waals surface area (Å²) in [6, 6.07) is 1.39. The van der Waals surface area contributed by atoms with Gasteiger partial charge in [-0.1, -0.05) is 6.92 Å². The van der Waals surface area contributed by atoms with Gasteiger partial charge in [0.05, 0.1) is 11.9 Å². The molecule has 0 aromatic carbocycles. The highest BCUT2D eigenvalue weighted by Gasteiger charge is 2.24. The fourth-order valence-corrected chi connectivity index (χ4v) is 2.72. The van der Waals surface area contributed by atoms with E-state index in [0.29, 0.717) is 6.04 Å². The van der Waals surface area contributed by atoms with Gasteiger partial charge in [-0.15, -0.1) is 0 Å². The summed E-state index contributed by atoms with van der Waals surface area (Å²) in [5, 5.41) is 3.49. The van der Waals surface area contributed by atoms with Crippen LogP contribution < -0.4 is 10.2 Å². The highest BCUT2D eigenvalue weighted by Crippen LogP contribution is 2.25. The maximum absolute atomic E-state index is 4.75. The van der Waals surface area contributed by atoms with Gasteiger partial charge in [0.2, 0.25) is 0 Å². The normalized spacial score (nSPS) is 23.6. The van der Waals surface area contributed by atoms with Crippen LogP contribution in [0.15, 0.2) is 12.4 Å². The zero-order valence-corrected chi connectivity index (χ0v) is 11.1. The van der Waals surface area contributed by atoms with E-state index in [9.17, 15) is 0 Å². The standard InChI is InChI=1S/C14H22N4/c1-2-13-4-3-7-18(13)14-10-15-8-12(17-14)9-16-11-5-6-11/h8,10-11,13,16H,2-7,9H2,1H3. The average Bonchev–Trinajstić information content (AvgIpc) is 3.12. The molecule has 4 heteroatoms. The van der Waals surface area contributed by atoms with Crippen molar-refractivity contribution in [3.05, 3.63) is 18.1 Å². The first-order valence-electron chi connectivity index (χ1n) is 7.17. The minimum absolute atomic E-state index is 0.658. The van der Waals surface area contributed by atoms with Gasteiger partial charge in [0.1, 0.15) is 5.82 Å². The summed E-state index contributed by atoms with van der Waals surface area (Å²) in [7, 11) is 0. The van der Waals surface area contributed by atoms with Gasteiger partial charge in [0.25, 0.3) is 0 Å². The first kappa shape index (κ1) is 11.9. The Morgan fingerprint density at radius 3 is 3.00 bits per heavy atom. The Balaban J connectivity index is 1.68. The van der Waals surface area contributed by atoms with Crippen molar-refractivity contribution in [3.63, 3.8) is 0 Å². The van der Waals surface area contributed by atoms with Gasteiger partial charge in [-0.3, -0.25) is 4.98 Å². The average molecular weight is 246 g/mol. The van der Waals surface area contributed by atoms with Gasteiger partial charge in [-0.25, -0.2) is 4.98 Å². The molecule has 0 radical (unpaired) electrons. The lowest BCUT2D eigenvalue weighted by atomic mass is 10.2. The molecule has 1 saturated carbocycles. The predicted molar refractivity (Wildman–Crippen MR) is 72.6 cm³/mol. The minimum Gasteiger partial charge on any atom is -0.352 e. The Morgan fingerprint density at radius 2 is 2.22 bits per heavy atom. The summed E-state index contributed by atoms with van der Waals surface area (Å²) in [6.07, 6.45) is 10.2. The Morgan fingerprint density at radius 1 is 1.33 bits per heavy atom. The van der Waals surface area contributed by atoms with Crippen LogP contribution in [0.2, 0.25) is 0 Å². The second-order valence-corrected chi connectivity index (χ2v) is 5.42. The molecule has 1 unspecified atom stereocenters. The Kier molecular flexibility index (Phi) is 3.46. The summed E-state index contributed by atoms with van der Waals surface area (Å²) in [6.45, 7) is 4.25. The molecule has 0 amide bonds. The van der Waals surface area contributed by atoms with Crippen LogP contribution in [0, 0.1) is 0 Å². The lowest BCUT2D eigenvalue weighted by Crippen LogP contribution is -2.29. The molecule has 1 aromatic rings. The first-order chi connectivity index (χ1) is 8.86. The van der Waals surface area contributed by atoms with Crippen molar-refractivity contribution in [2.24, 2.45) is 0 Å². The van der Waals surface area contributed by atoms with E-state index in [1.165, 1.54) is 32.1 Å². The summed E-state index contributed by atoms with van der Waals surface area (Å²) >= 11 is 0. The molecule has 0 bridgehead atoms. The minimum atomic E-state index is 0.658. The van der Waals surface area contributed by atoms with Crippen LogP contribution in [0.5, 0.6) is 0 Å². The molecule has 1 aliphatic carbocycles. The van der Waals surface area contributed by atoms with Crippen molar-refractivity contribution in [1.29, 1.82) is 0 Å². The van der Waals surface area contributed by atoms with Gasteiger partial charge >= 0.3 is 0 Å². The van der Waals surface area contributed by atoms with Crippen molar-refractivity contribution in [2.45, 2.75) is 57.7 Å². The fourth-order valence-electron chi connectivity index (χ4n) is 2.72. The number of nitrogens with zero attached hydrogens (tertiary/aromatic N) is 3. The van der Waals surface area contributed by atoms with Gasteiger partial charge in [0.15, 0.2) is 0 Å². The van der Waals surface area contributed by atoms with Gasteiger partial charge < -0.3 is 10.2 Å². The Hall–Kier alpha value is -1.16. The number of hydrogen-bond acceptors (Lipinski definition) is 4. The molecule has 2 aliphatic rings.